The number of benzene rings is 1. The van der Waals surface area contributed by atoms with Crippen LogP contribution in [0.3, 0.4) is 0 Å². The van der Waals surface area contributed by atoms with E-state index in [2.05, 4.69) is 20.3 Å². The van der Waals surface area contributed by atoms with E-state index in [-0.39, 0.29) is 34.0 Å². The number of aromatic nitrogens is 7. The summed E-state index contributed by atoms with van der Waals surface area (Å²) in [6.45, 7) is 0. The first-order valence-electron chi connectivity index (χ1n) is 11.1. The smallest absolute Gasteiger partial charge is 0.266 e. The van der Waals surface area contributed by atoms with Gasteiger partial charge in [-0.05, 0) is 37.1 Å². The van der Waals surface area contributed by atoms with Gasteiger partial charge in [-0.3, -0.25) is 14.0 Å². The molecule has 0 spiro atoms. The van der Waals surface area contributed by atoms with Crippen LogP contribution in [0.1, 0.15) is 46.8 Å². The van der Waals surface area contributed by atoms with Gasteiger partial charge in [0.05, 0.1) is 29.3 Å². The molecule has 180 valence electrons. The zero-order valence-electron chi connectivity index (χ0n) is 18.6. The highest BCUT2D eigenvalue weighted by molar-refractivity contribution is 6.01. The van der Waals surface area contributed by atoms with Crippen LogP contribution in [0, 0.1) is 0 Å². The number of rotatable bonds is 6. The fourth-order valence-corrected chi connectivity index (χ4v) is 4.40. The minimum Gasteiger partial charge on any atom is -0.365 e. The molecule has 1 aromatic carbocycles. The summed E-state index contributed by atoms with van der Waals surface area (Å²) in [5, 5.41) is 12.6. The first-order chi connectivity index (χ1) is 17.4. The highest BCUT2D eigenvalue weighted by Gasteiger charge is 2.36. The zero-order chi connectivity index (χ0) is 25.0. The van der Waals surface area contributed by atoms with Crippen LogP contribution in [0.2, 0.25) is 0 Å². The van der Waals surface area contributed by atoms with Gasteiger partial charge in [0, 0.05) is 35.5 Å². The topological polar surface area (TPSA) is 126 Å². The van der Waals surface area contributed by atoms with Crippen molar-refractivity contribution < 1.29 is 13.6 Å². The third kappa shape index (κ3) is 3.45. The molecule has 1 aliphatic carbocycles. The summed E-state index contributed by atoms with van der Waals surface area (Å²) >= 11 is 0. The number of nitrogens with zero attached hydrogens (tertiary/aromatic N) is 7. The molecule has 1 saturated carbocycles. The quantitative estimate of drug-likeness (QED) is 0.392. The zero-order valence-corrected chi connectivity index (χ0v) is 18.6. The molecular weight excluding hydrogens is 470 g/mol. The van der Waals surface area contributed by atoms with E-state index in [1.807, 2.05) is 0 Å². The van der Waals surface area contributed by atoms with Gasteiger partial charge in [0.2, 0.25) is 0 Å². The van der Waals surface area contributed by atoms with Gasteiger partial charge in [0.25, 0.3) is 17.9 Å². The van der Waals surface area contributed by atoms with Crippen molar-refractivity contribution in [3.8, 4) is 22.6 Å². The second-order valence-corrected chi connectivity index (χ2v) is 8.42. The molecule has 0 bridgehead atoms. The molecule has 1 amide bonds. The van der Waals surface area contributed by atoms with Crippen molar-refractivity contribution in [3.63, 3.8) is 0 Å². The largest absolute Gasteiger partial charge is 0.365 e. The first kappa shape index (κ1) is 21.8. The number of hydrogen-bond acceptors (Lipinski definition) is 6. The van der Waals surface area contributed by atoms with Crippen LogP contribution in [-0.2, 0) is 0 Å². The van der Waals surface area contributed by atoms with Crippen LogP contribution in [0.5, 0.6) is 0 Å². The molecule has 2 N–H and O–H groups in total. The first-order valence-corrected chi connectivity index (χ1v) is 11.1. The van der Waals surface area contributed by atoms with E-state index in [1.165, 1.54) is 41.2 Å². The van der Waals surface area contributed by atoms with Crippen LogP contribution < -0.4 is 11.3 Å². The molecule has 0 atom stereocenters. The molecule has 6 rings (SSSR count). The van der Waals surface area contributed by atoms with Crippen LogP contribution in [0.15, 0.2) is 66.0 Å². The Bertz CT molecular complexity index is 1690. The molecule has 4 aromatic heterocycles. The monoisotopic (exact) mass is 488 g/mol. The van der Waals surface area contributed by atoms with Gasteiger partial charge >= 0.3 is 0 Å². The summed E-state index contributed by atoms with van der Waals surface area (Å²) in [6.07, 6.45) is 4.56. The molecule has 5 aromatic rings. The number of nitrogens with two attached hydrogens (primary N) is 1. The van der Waals surface area contributed by atoms with Crippen LogP contribution in [0.25, 0.3) is 28.3 Å². The molecule has 1 aliphatic rings. The predicted octanol–water partition coefficient (Wildman–Crippen LogP) is 3.04. The Morgan fingerprint density at radius 1 is 1.06 bits per heavy atom. The number of fused-ring (bicyclic) bond motifs is 1. The molecule has 4 heterocycles. The highest BCUT2D eigenvalue weighted by Crippen LogP contribution is 2.45. The molecule has 1 fully saturated rings. The Hall–Kier alpha value is -4.74. The van der Waals surface area contributed by atoms with Gasteiger partial charge in [-0.15, -0.1) is 0 Å². The maximum Gasteiger partial charge on any atom is 0.266 e. The number of carbonyl (C=O) groups excluding carboxylic acids is 1. The van der Waals surface area contributed by atoms with Crippen LogP contribution in [0.4, 0.5) is 8.78 Å². The average Bonchev–Trinajstić information content (AvgIpc) is 3.40. The molecule has 36 heavy (non-hydrogen) atoms. The Morgan fingerprint density at radius 3 is 2.53 bits per heavy atom. The third-order valence-corrected chi connectivity index (χ3v) is 6.13. The highest BCUT2D eigenvalue weighted by atomic mass is 19.3. The maximum absolute atomic E-state index is 14.0. The molecule has 0 saturated heterocycles. The molecule has 0 radical (unpaired) electrons. The lowest BCUT2D eigenvalue weighted by Gasteiger charge is -2.10. The Kier molecular flexibility index (Phi) is 4.95. The van der Waals surface area contributed by atoms with Crippen molar-refractivity contribution in [1.29, 1.82) is 0 Å². The van der Waals surface area contributed by atoms with Crippen molar-refractivity contribution >= 4 is 11.6 Å². The number of alkyl halides is 2. The fourth-order valence-electron chi connectivity index (χ4n) is 4.40. The minimum atomic E-state index is -2.83. The second kappa shape index (κ2) is 8.18. The lowest BCUT2D eigenvalue weighted by atomic mass is 10.0. The van der Waals surface area contributed by atoms with E-state index in [0.717, 1.165) is 17.6 Å². The van der Waals surface area contributed by atoms with Crippen molar-refractivity contribution in [3.05, 3.63) is 88.4 Å². The number of hydrogen-bond donors (Lipinski definition) is 1. The van der Waals surface area contributed by atoms with Crippen LogP contribution in [-0.4, -0.2) is 40.1 Å². The number of primary amides is 1. The summed E-state index contributed by atoms with van der Waals surface area (Å²) in [5.74, 6) is -0.716. The van der Waals surface area contributed by atoms with Crippen molar-refractivity contribution in [2.45, 2.75) is 25.2 Å². The molecule has 0 aliphatic heterocycles. The fraction of sp³-hybridized carbons (Fsp3) is 0.167. The molecule has 10 nitrogen and oxygen atoms in total. The van der Waals surface area contributed by atoms with Gasteiger partial charge in [0.15, 0.2) is 5.65 Å². The SMILES string of the molecule is NC(=O)c1c(-c2ccc(-n3nccn3)c(C(F)F)c2)nn(-c2cccn3c(=O)ccnc23)c1C1CC1. The van der Waals surface area contributed by atoms with Gasteiger partial charge in [0.1, 0.15) is 11.4 Å². The normalized spacial score (nSPS) is 13.5. The summed E-state index contributed by atoms with van der Waals surface area (Å²) in [4.78, 5) is 30.5. The Balaban J connectivity index is 1.61. The third-order valence-electron chi connectivity index (χ3n) is 6.13. The molecule has 12 heteroatoms. The minimum absolute atomic E-state index is 0.00607. The lowest BCUT2D eigenvalue weighted by molar-refractivity contribution is 0.1000. The Labute approximate surface area is 201 Å². The van der Waals surface area contributed by atoms with Gasteiger partial charge in [-0.2, -0.15) is 20.1 Å². The standard InChI is InChI=1S/C24H18F2N8O2/c25-22(26)15-12-14(5-6-16(15)34-29-9-10-30-34)20-19(23(27)36)21(13-3-4-13)33(31-20)17-2-1-11-32-18(35)7-8-28-24(17)32/h1-2,5-13,22H,3-4H2,(H2,27,36). The van der Waals surface area contributed by atoms with E-state index in [9.17, 15) is 18.4 Å². The molecule has 0 unspecified atom stereocenters. The van der Waals surface area contributed by atoms with Crippen molar-refractivity contribution in [2.24, 2.45) is 5.73 Å². The molecular formula is C24H18F2N8O2. The number of amides is 1. The predicted molar refractivity (Wildman–Crippen MR) is 124 cm³/mol. The van der Waals surface area contributed by atoms with Crippen molar-refractivity contribution in [1.82, 2.24) is 34.2 Å². The summed E-state index contributed by atoms with van der Waals surface area (Å²) in [7, 11) is 0. The van der Waals surface area contributed by atoms with E-state index >= 15 is 0 Å². The average molecular weight is 488 g/mol. The van der Waals surface area contributed by atoms with E-state index in [4.69, 9.17) is 5.73 Å². The van der Waals surface area contributed by atoms with E-state index in [1.54, 1.807) is 29.1 Å². The lowest BCUT2D eigenvalue weighted by Crippen LogP contribution is -2.17. The van der Waals surface area contributed by atoms with Gasteiger partial charge < -0.3 is 5.73 Å². The van der Waals surface area contributed by atoms with Gasteiger partial charge in [-0.1, -0.05) is 6.07 Å². The van der Waals surface area contributed by atoms with Crippen LogP contribution >= 0.6 is 0 Å². The number of carbonyl (C=O) groups is 1. The summed E-state index contributed by atoms with van der Waals surface area (Å²) in [6, 6.07) is 9.04. The summed E-state index contributed by atoms with van der Waals surface area (Å²) < 4.78 is 31.0. The number of halogens is 2. The van der Waals surface area contributed by atoms with Crippen molar-refractivity contribution in [2.75, 3.05) is 0 Å². The second-order valence-electron chi connectivity index (χ2n) is 8.42. The van der Waals surface area contributed by atoms with E-state index in [0.29, 0.717) is 22.6 Å². The summed E-state index contributed by atoms with van der Waals surface area (Å²) in [5.41, 5.74) is 7.33. The maximum atomic E-state index is 14.0. The number of pyridine rings is 1. The van der Waals surface area contributed by atoms with Gasteiger partial charge in [-0.25, -0.2) is 18.4 Å². The Morgan fingerprint density at radius 2 is 1.83 bits per heavy atom. The van der Waals surface area contributed by atoms with E-state index < -0.39 is 12.3 Å².